The average Bonchev–Trinajstić information content (AvgIpc) is 2.42. The lowest BCUT2D eigenvalue weighted by atomic mass is 10.0. The lowest BCUT2D eigenvalue weighted by Gasteiger charge is -2.11. The Bertz CT molecular complexity index is 503. The standard InChI is InChI=1S/C16H13BrO/c1-4-13-11-14(5-2)16(15(6-3)12-13)18-10-8-7-9-17/h1-3,11-12H,7-10H2. The zero-order valence-corrected chi connectivity index (χ0v) is 11.6. The van der Waals surface area contributed by atoms with E-state index in [0.29, 0.717) is 29.0 Å². The zero-order valence-electron chi connectivity index (χ0n) is 10.0. The fourth-order valence-electron chi connectivity index (χ4n) is 1.45. The predicted octanol–water partition coefficient (Wildman–Crippen LogP) is 3.18. The third-order valence-electron chi connectivity index (χ3n) is 2.34. The first-order valence-electron chi connectivity index (χ1n) is 5.53. The molecule has 0 unspecified atom stereocenters. The highest BCUT2D eigenvalue weighted by Crippen LogP contribution is 2.25. The molecule has 0 saturated heterocycles. The highest BCUT2D eigenvalue weighted by atomic mass is 79.9. The van der Waals surface area contributed by atoms with Gasteiger partial charge >= 0.3 is 0 Å². The van der Waals surface area contributed by atoms with Crippen LogP contribution in [0.5, 0.6) is 5.75 Å². The van der Waals surface area contributed by atoms with Gasteiger partial charge in [0.05, 0.1) is 17.7 Å². The van der Waals surface area contributed by atoms with Gasteiger partial charge in [0, 0.05) is 10.9 Å². The first kappa shape index (κ1) is 14.2. The van der Waals surface area contributed by atoms with Crippen molar-refractivity contribution in [3.63, 3.8) is 0 Å². The number of halogens is 1. The van der Waals surface area contributed by atoms with Crippen molar-refractivity contribution >= 4 is 15.9 Å². The molecule has 0 fully saturated rings. The van der Waals surface area contributed by atoms with E-state index in [1.54, 1.807) is 12.1 Å². The Kier molecular flexibility index (Phi) is 5.93. The van der Waals surface area contributed by atoms with Gasteiger partial charge in [-0.05, 0) is 25.0 Å². The summed E-state index contributed by atoms with van der Waals surface area (Å²) < 4.78 is 5.68. The smallest absolute Gasteiger partial charge is 0.150 e. The van der Waals surface area contributed by atoms with Crippen molar-refractivity contribution in [2.75, 3.05) is 11.9 Å². The van der Waals surface area contributed by atoms with Crippen LogP contribution >= 0.6 is 15.9 Å². The monoisotopic (exact) mass is 300 g/mol. The van der Waals surface area contributed by atoms with Crippen molar-refractivity contribution in [2.45, 2.75) is 12.8 Å². The van der Waals surface area contributed by atoms with Crippen molar-refractivity contribution in [1.29, 1.82) is 0 Å². The van der Waals surface area contributed by atoms with Gasteiger partial charge in [0.1, 0.15) is 0 Å². The summed E-state index contributed by atoms with van der Waals surface area (Å²) in [5.74, 6) is 8.23. The molecule has 0 amide bonds. The first-order chi connectivity index (χ1) is 8.76. The van der Waals surface area contributed by atoms with Gasteiger partial charge in [-0.3, -0.25) is 0 Å². The van der Waals surface area contributed by atoms with Crippen LogP contribution in [-0.2, 0) is 0 Å². The molecule has 0 aromatic heterocycles. The maximum Gasteiger partial charge on any atom is 0.150 e. The second-order valence-corrected chi connectivity index (χ2v) is 4.37. The van der Waals surface area contributed by atoms with Crippen LogP contribution in [0.3, 0.4) is 0 Å². The summed E-state index contributed by atoms with van der Waals surface area (Å²) in [5, 5.41) is 0.955. The van der Waals surface area contributed by atoms with Gasteiger partial charge in [-0.25, -0.2) is 0 Å². The molecule has 0 bridgehead atoms. The molecule has 0 radical (unpaired) electrons. The molecule has 0 spiro atoms. The summed E-state index contributed by atoms with van der Waals surface area (Å²) in [6.07, 6.45) is 18.2. The van der Waals surface area contributed by atoms with Gasteiger partial charge in [0.2, 0.25) is 0 Å². The minimum absolute atomic E-state index is 0.577. The highest BCUT2D eigenvalue weighted by Gasteiger charge is 2.09. The van der Waals surface area contributed by atoms with E-state index in [1.807, 2.05) is 0 Å². The summed E-state index contributed by atoms with van der Waals surface area (Å²) in [4.78, 5) is 0. The number of benzene rings is 1. The summed E-state index contributed by atoms with van der Waals surface area (Å²) in [5.41, 5.74) is 1.89. The number of ether oxygens (including phenoxy) is 1. The van der Waals surface area contributed by atoms with E-state index in [4.69, 9.17) is 24.0 Å². The minimum Gasteiger partial charge on any atom is -0.491 e. The molecule has 0 saturated carbocycles. The van der Waals surface area contributed by atoms with Gasteiger partial charge in [-0.15, -0.1) is 19.3 Å². The molecule has 0 heterocycles. The summed E-state index contributed by atoms with van der Waals surface area (Å²) >= 11 is 3.37. The van der Waals surface area contributed by atoms with E-state index in [9.17, 15) is 0 Å². The Hall–Kier alpha value is -1.82. The summed E-state index contributed by atoms with van der Waals surface area (Å²) in [7, 11) is 0. The van der Waals surface area contributed by atoms with Crippen LogP contribution in [0.2, 0.25) is 0 Å². The number of alkyl halides is 1. The molecule has 1 rings (SSSR count). The van der Waals surface area contributed by atoms with Crippen molar-refractivity contribution in [3.05, 3.63) is 28.8 Å². The van der Waals surface area contributed by atoms with Crippen LogP contribution in [0.1, 0.15) is 29.5 Å². The van der Waals surface area contributed by atoms with Crippen LogP contribution in [0.4, 0.5) is 0 Å². The van der Waals surface area contributed by atoms with Gasteiger partial charge in [-0.2, -0.15) is 0 Å². The van der Waals surface area contributed by atoms with Gasteiger partial charge in [-0.1, -0.05) is 33.7 Å². The van der Waals surface area contributed by atoms with E-state index >= 15 is 0 Å². The number of rotatable bonds is 5. The lowest BCUT2D eigenvalue weighted by molar-refractivity contribution is 0.308. The van der Waals surface area contributed by atoms with Crippen LogP contribution in [0.25, 0.3) is 0 Å². The van der Waals surface area contributed by atoms with E-state index in [0.717, 1.165) is 18.2 Å². The second-order valence-electron chi connectivity index (χ2n) is 3.58. The Balaban J connectivity index is 2.99. The van der Waals surface area contributed by atoms with Crippen molar-refractivity contribution in [3.8, 4) is 42.8 Å². The third-order valence-corrected chi connectivity index (χ3v) is 2.90. The molecule has 18 heavy (non-hydrogen) atoms. The van der Waals surface area contributed by atoms with Crippen LogP contribution in [0.15, 0.2) is 12.1 Å². The molecular weight excluding hydrogens is 288 g/mol. The molecule has 1 aromatic rings. The van der Waals surface area contributed by atoms with Gasteiger partial charge < -0.3 is 4.74 Å². The molecule has 0 aliphatic rings. The van der Waals surface area contributed by atoms with Crippen LogP contribution in [0, 0.1) is 37.0 Å². The second kappa shape index (κ2) is 7.50. The third kappa shape index (κ3) is 3.59. The number of hydrogen-bond acceptors (Lipinski definition) is 1. The maximum absolute atomic E-state index is 5.68. The largest absolute Gasteiger partial charge is 0.491 e. The molecular formula is C16H13BrO. The van der Waals surface area contributed by atoms with E-state index < -0.39 is 0 Å². The Morgan fingerprint density at radius 3 is 2.06 bits per heavy atom. The molecule has 2 heteroatoms. The van der Waals surface area contributed by atoms with Crippen molar-refractivity contribution < 1.29 is 4.74 Å². The normalized spacial score (nSPS) is 9.00. The number of terminal acetylenes is 3. The molecule has 0 atom stereocenters. The lowest BCUT2D eigenvalue weighted by Crippen LogP contribution is -2.02. The number of unbranched alkanes of at least 4 members (excludes halogenated alkanes) is 1. The fourth-order valence-corrected chi connectivity index (χ4v) is 1.85. The number of hydrogen-bond donors (Lipinski definition) is 0. The van der Waals surface area contributed by atoms with E-state index in [1.165, 1.54) is 0 Å². The van der Waals surface area contributed by atoms with E-state index in [-0.39, 0.29) is 0 Å². The average molecular weight is 301 g/mol. The molecule has 0 aliphatic carbocycles. The summed E-state index contributed by atoms with van der Waals surface area (Å²) in [6.45, 7) is 0.588. The topological polar surface area (TPSA) is 9.23 Å². The van der Waals surface area contributed by atoms with Crippen LogP contribution < -0.4 is 4.74 Å². The Morgan fingerprint density at radius 2 is 1.61 bits per heavy atom. The summed E-state index contributed by atoms with van der Waals surface area (Å²) in [6, 6.07) is 3.47. The van der Waals surface area contributed by atoms with Crippen LogP contribution in [-0.4, -0.2) is 11.9 Å². The highest BCUT2D eigenvalue weighted by molar-refractivity contribution is 9.09. The SMILES string of the molecule is C#Cc1cc(C#C)c(OCCCCBr)c(C#C)c1. The molecule has 90 valence electrons. The van der Waals surface area contributed by atoms with Crippen molar-refractivity contribution in [2.24, 2.45) is 0 Å². The Morgan fingerprint density at radius 1 is 1.00 bits per heavy atom. The zero-order chi connectivity index (χ0) is 13.4. The first-order valence-corrected chi connectivity index (χ1v) is 6.65. The molecule has 0 N–H and O–H groups in total. The minimum atomic E-state index is 0.577. The van der Waals surface area contributed by atoms with Crippen molar-refractivity contribution in [1.82, 2.24) is 0 Å². The molecule has 0 aliphatic heterocycles. The van der Waals surface area contributed by atoms with E-state index in [2.05, 4.69) is 33.7 Å². The quantitative estimate of drug-likeness (QED) is 0.461. The van der Waals surface area contributed by atoms with Gasteiger partial charge in [0.25, 0.3) is 0 Å². The fraction of sp³-hybridized carbons (Fsp3) is 0.250. The molecule has 1 nitrogen and oxygen atoms in total. The molecule has 1 aromatic carbocycles. The van der Waals surface area contributed by atoms with Gasteiger partial charge in [0.15, 0.2) is 5.75 Å². The Labute approximate surface area is 117 Å². The predicted molar refractivity (Wildman–Crippen MR) is 78.8 cm³/mol. The maximum atomic E-state index is 5.68.